The monoisotopic (exact) mass is 201 g/mol. The maximum Gasteiger partial charge on any atom is 0.220 e. The zero-order valence-corrected chi connectivity index (χ0v) is 9.92. The molecule has 0 aliphatic carbocycles. The maximum absolute atomic E-state index is 11.5. The highest BCUT2D eigenvalue weighted by Gasteiger charge is 2.19. The summed E-state index contributed by atoms with van der Waals surface area (Å²) < 4.78 is 0. The van der Waals surface area contributed by atoms with Crippen LogP contribution in [0.1, 0.15) is 41.0 Å². The molecule has 0 saturated carbocycles. The van der Waals surface area contributed by atoms with Crippen LogP contribution >= 0.6 is 0 Å². The van der Waals surface area contributed by atoms with Crippen molar-refractivity contribution in [2.75, 3.05) is 6.61 Å². The number of nitrogens with one attached hydrogen (secondary N) is 1. The molecule has 1 atom stereocenters. The molecule has 0 aliphatic rings. The standard InChI is InChI=1S/C11H23NO2/c1-8(2)9(7-13)12-10(14)6-11(3,4)5/h8-9,13H,6-7H2,1-5H3,(H,12,14)/t9-/m1/s1. The van der Waals surface area contributed by atoms with E-state index in [-0.39, 0.29) is 29.9 Å². The average Bonchev–Trinajstić information content (AvgIpc) is 1.96. The van der Waals surface area contributed by atoms with Gasteiger partial charge in [0, 0.05) is 6.42 Å². The SMILES string of the molecule is CC(C)[C@@H](CO)NC(=O)CC(C)(C)C. The summed E-state index contributed by atoms with van der Waals surface area (Å²) in [5.41, 5.74) is 0.00106. The van der Waals surface area contributed by atoms with Gasteiger partial charge in [-0.3, -0.25) is 4.79 Å². The fourth-order valence-electron chi connectivity index (χ4n) is 1.16. The molecular formula is C11H23NO2. The van der Waals surface area contributed by atoms with Crippen LogP contribution in [0.3, 0.4) is 0 Å². The van der Waals surface area contributed by atoms with Crippen LogP contribution in [0.15, 0.2) is 0 Å². The number of hydrogen-bond donors (Lipinski definition) is 2. The Labute approximate surface area is 86.9 Å². The molecule has 0 radical (unpaired) electrons. The number of aliphatic hydroxyl groups excluding tert-OH is 1. The molecule has 0 saturated heterocycles. The molecule has 0 heterocycles. The third-order valence-corrected chi connectivity index (χ3v) is 2.04. The van der Waals surface area contributed by atoms with Crippen molar-refractivity contribution in [1.29, 1.82) is 0 Å². The average molecular weight is 201 g/mol. The van der Waals surface area contributed by atoms with Gasteiger partial charge in [-0.15, -0.1) is 0 Å². The normalized spacial score (nSPS) is 14.2. The lowest BCUT2D eigenvalue weighted by Gasteiger charge is -2.23. The van der Waals surface area contributed by atoms with Crippen molar-refractivity contribution in [2.45, 2.75) is 47.1 Å². The Morgan fingerprint density at radius 1 is 1.36 bits per heavy atom. The Balaban J connectivity index is 4.04. The first-order valence-electron chi connectivity index (χ1n) is 5.16. The summed E-state index contributed by atoms with van der Waals surface area (Å²) in [4.78, 5) is 11.5. The van der Waals surface area contributed by atoms with Crippen molar-refractivity contribution in [2.24, 2.45) is 11.3 Å². The lowest BCUT2D eigenvalue weighted by molar-refractivity contribution is -0.124. The number of carbonyl (C=O) groups excluding carboxylic acids is 1. The van der Waals surface area contributed by atoms with Gasteiger partial charge < -0.3 is 10.4 Å². The van der Waals surface area contributed by atoms with Crippen molar-refractivity contribution in [1.82, 2.24) is 5.32 Å². The molecule has 0 aliphatic heterocycles. The summed E-state index contributed by atoms with van der Waals surface area (Å²) in [5.74, 6) is 0.286. The van der Waals surface area contributed by atoms with Gasteiger partial charge in [-0.25, -0.2) is 0 Å². The summed E-state index contributed by atoms with van der Waals surface area (Å²) >= 11 is 0. The van der Waals surface area contributed by atoms with Crippen LogP contribution in [0.2, 0.25) is 0 Å². The first kappa shape index (κ1) is 13.4. The Morgan fingerprint density at radius 2 is 1.86 bits per heavy atom. The van der Waals surface area contributed by atoms with E-state index in [0.717, 1.165) is 0 Å². The highest BCUT2D eigenvalue weighted by molar-refractivity contribution is 5.76. The molecule has 0 spiro atoms. The van der Waals surface area contributed by atoms with Crippen LogP contribution in [0, 0.1) is 11.3 Å². The minimum absolute atomic E-state index is 0.00106. The first-order chi connectivity index (χ1) is 6.26. The lowest BCUT2D eigenvalue weighted by atomic mass is 9.91. The van der Waals surface area contributed by atoms with Crippen LogP contribution in [-0.4, -0.2) is 23.7 Å². The summed E-state index contributed by atoms with van der Waals surface area (Å²) in [6.45, 7) is 10.0. The van der Waals surface area contributed by atoms with E-state index in [1.54, 1.807) is 0 Å². The fraction of sp³-hybridized carbons (Fsp3) is 0.909. The topological polar surface area (TPSA) is 49.3 Å². The Kier molecular flexibility index (Phi) is 5.13. The van der Waals surface area contributed by atoms with Gasteiger partial charge in [0.15, 0.2) is 0 Å². The maximum atomic E-state index is 11.5. The molecule has 0 aromatic rings. The highest BCUT2D eigenvalue weighted by atomic mass is 16.3. The predicted octanol–water partition coefficient (Wildman–Crippen LogP) is 1.56. The summed E-state index contributed by atoms with van der Waals surface area (Å²) in [6, 6.07) is -0.121. The molecule has 0 fully saturated rings. The fourth-order valence-corrected chi connectivity index (χ4v) is 1.16. The molecule has 0 aromatic carbocycles. The van der Waals surface area contributed by atoms with Gasteiger partial charge in [0.25, 0.3) is 0 Å². The zero-order chi connectivity index (χ0) is 11.4. The van der Waals surface area contributed by atoms with Crippen LogP contribution < -0.4 is 5.32 Å². The quantitative estimate of drug-likeness (QED) is 0.725. The van der Waals surface area contributed by atoms with Crippen LogP contribution in [-0.2, 0) is 4.79 Å². The molecule has 0 unspecified atom stereocenters. The third kappa shape index (κ3) is 5.97. The summed E-state index contributed by atoms with van der Waals surface area (Å²) in [6.07, 6.45) is 0.496. The van der Waals surface area contributed by atoms with Gasteiger partial charge in [-0.1, -0.05) is 34.6 Å². The number of hydrogen-bond acceptors (Lipinski definition) is 2. The number of aliphatic hydroxyl groups is 1. The predicted molar refractivity (Wildman–Crippen MR) is 57.9 cm³/mol. The molecule has 0 rings (SSSR count). The van der Waals surface area contributed by atoms with Crippen molar-refractivity contribution < 1.29 is 9.90 Å². The summed E-state index contributed by atoms with van der Waals surface area (Å²) in [7, 11) is 0. The van der Waals surface area contributed by atoms with Gasteiger partial charge in [-0.2, -0.15) is 0 Å². The highest BCUT2D eigenvalue weighted by Crippen LogP contribution is 2.18. The molecule has 84 valence electrons. The molecule has 3 heteroatoms. The number of amides is 1. The largest absolute Gasteiger partial charge is 0.394 e. The molecule has 0 bridgehead atoms. The van der Waals surface area contributed by atoms with Gasteiger partial charge in [0.1, 0.15) is 0 Å². The Morgan fingerprint density at radius 3 is 2.14 bits per heavy atom. The third-order valence-electron chi connectivity index (χ3n) is 2.04. The number of carbonyl (C=O) groups is 1. The van der Waals surface area contributed by atoms with E-state index in [0.29, 0.717) is 6.42 Å². The molecular weight excluding hydrogens is 178 g/mol. The molecule has 2 N–H and O–H groups in total. The first-order valence-corrected chi connectivity index (χ1v) is 5.16. The van der Waals surface area contributed by atoms with Gasteiger partial charge in [0.05, 0.1) is 12.6 Å². The van der Waals surface area contributed by atoms with Crippen molar-refractivity contribution >= 4 is 5.91 Å². The Hall–Kier alpha value is -0.570. The molecule has 3 nitrogen and oxygen atoms in total. The van der Waals surface area contributed by atoms with Crippen molar-refractivity contribution in [3.63, 3.8) is 0 Å². The van der Waals surface area contributed by atoms with Gasteiger partial charge in [0.2, 0.25) is 5.91 Å². The van der Waals surface area contributed by atoms with Gasteiger partial charge in [-0.05, 0) is 11.3 Å². The van der Waals surface area contributed by atoms with E-state index in [1.807, 2.05) is 34.6 Å². The Bertz CT molecular complexity index is 182. The minimum atomic E-state index is -0.121. The summed E-state index contributed by atoms with van der Waals surface area (Å²) in [5, 5.41) is 11.9. The lowest BCUT2D eigenvalue weighted by Crippen LogP contribution is -2.42. The molecule has 0 aromatic heterocycles. The van der Waals surface area contributed by atoms with E-state index in [4.69, 9.17) is 5.11 Å². The van der Waals surface area contributed by atoms with Gasteiger partial charge >= 0.3 is 0 Å². The minimum Gasteiger partial charge on any atom is -0.394 e. The molecule has 1 amide bonds. The van der Waals surface area contributed by atoms with Crippen LogP contribution in [0.4, 0.5) is 0 Å². The molecule has 14 heavy (non-hydrogen) atoms. The van der Waals surface area contributed by atoms with E-state index in [2.05, 4.69) is 5.32 Å². The van der Waals surface area contributed by atoms with Crippen molar-refractivity contribution in [3.8, 4) is 0 Å². The van der Waals surface area contributed by atoms with Crippen LogP contribution in [0.25, 0.3) is 0 Å². The van der Waals surface area contributed by atoms with Crippen molar-refractivity contribution in [3.05, 3.63) is 0 Å². The van der Waals surface area contributed by atoms with Crippen LogP contribution in [0.5, 0.6) is 0 Å². The van der Waals surface area contributed by atoms with E-state index >= 15 is 0 Å². The second kappa shape index (κ2) is 5.35. The number of rotatable bonds is 4. The van der Waals surface area contributed by atoms with E-state index < -0.39 is 0 Å². The van der Waals surface area contributed by atoms with E-state index in [9.17, 15) is 4.79 Å². The second-order valence-corrected chi connectivity index (χ2v) is 5.34. The van der Waals surface area contributed by atoms with E-state index in [1.165, 1.54) is 0 Å². The smallest absolute Gasteiger partial charge is 0.220 e. The second-order valence-electron chi connectivity index (χ2n) is 5.34. The zero-order valence-electron chi connectivity index (χ0n) is 9.92.